The van der Waals surface area contributed by atoms with Gasteiger partial charge >= 0.3 is 0 Å². The van der Waals surface area contributed by atoms with Crippen molar-refractivity contribution < 1.29 is 9.53 Å². The van der Waals surface area contributed by atoms with Crippen LogP contribution in [0, 0.1) is 0 Å². The van der Waals surface area contributed by atoms with Gasteiger partial charge in [-0.15, -0.1) is 0 Å². The predicted molar refractivity (Wildman–Crippen MR) is 86.0 cm³/mol. The fourth-order valence-corrected chi connectivity index (χ4v) is 3.95. The van der Waals surface area contributed by atoms with Gasteiger partial charge in [0.2, 0.25) is 5.91 Å². The van der Waals surface area contributed by atoms with Gasteiger partial charge in [-0.25, -0.2) is 0 Å². The predicted octanol–water partition coefficient (Wildman–Crippen LogP) is 2.48. The number of aromatic nitrogens is 2. The minimum Gasteiger partial charge on any atom is -0.489 e. The number of rotatable bonds is 4. The van der Waals surface area contributed by atoms with Crippen molar-refractivity contribution >= 4 is 5.91 Å². The van der Waals surface area contributed by atoms with E-state index in [0.717, 1.165) is 31.4 Å². The summed E-state index contributed by atoms with van der Waals surface area (Å²) < 4.78 is 8.01. The largest absolute Gasteiger partial charge is 0.489 e. The number of ether oxygens (including phenoxy) is 1. The molecule has 0 aromatic carbocycles. The van der Waals surface area contributed by atoms with Crippen molar-refractivity contribution in [3.63, 3.8) is 0 Å². The van der Waals surface area contributed by atoms with Crippen LogP contribution in [-0.4, -0.2) is 38.5 Å². The van der Waals surface area contributed by atoms with Gasteiger partial charge in [0, 0.05) is 43.5 Å². The second-order valence-corrected chi connectivity index (χ2v) is 6.44. The molecule has 2 bridgehead atoms. The number of carbonyl (C=O) groups is 1. The summed E-state index contributed by atoms with van der Waals surface area (Å²) in [6.07, 6.45) is 11.6. The van der Waals surface area contributed by atoms with E-state index in [-0.39, 0.29) is 12.0 Å². The van der Waals surface area contributed by atoms with Crippen LogP contribution in [0.4, 0.5) is 0 Å². The molecule has 4 rings (SSSR count). The summed E-state index contributed by atoms with van der Waals surface area (Å²) in [5, 5.41) is 0. The molecule has 0 spiro atoms. The van der Waals surface area contributed by atoms with E-state index in [4.69, 9.17) is 4.74 Å². The van der Waals surface area contributed by atoms with Gasteiger partial charge < -0.3 is 14.2 Å². The summed E-state index contributed by atoms with van der Waals surface area (Å²) in [5.74, 6) is 1.05. The smallest absolute Gasteiger partial charge is 0.242 e. The Morgan fingerprint density at radius 1 is 1.17 bits per heavy atom. The summed E-state index contributed by atoms with van der Waals surface area (Å²) in [7, 11) is 0. The molecule has 2 aliphatic rings. The molecule has 2 fully saturated rings. The molecule has 0 N–H and O–H groups in total. The average Bonchev–Trinajstić information content (AvgIpc) is 3.15. The molecule has 0 unspecified atom stereocenters. The maximum atomic E-state index is 12.6. The number of piperidine rings is 1. The third kappa shape index (κ3) is 2.96. The van der Waals surface area contributed by atoms with Crippen molar-refractivity contribution in [2.75, 3.05) is 0 Å². The Morgan fingerprint density at radius 3 is 2.57 bits per heavy atom. The zero-order valence-corrected chi connectivity index (χ0v) is 13.0. The molecule has 0 radical (unpaired) electrons. The highest BCUT2D eigenvalue weighted by Gasteiger charge is 2.43. The first-order valence-corrected chi connectivity index (χ1v) is 8.28. The Hall–Kier alpha value is -2.30. The number of carbonyl (C=O) groups excluding carboxylic acids is 1. The minimum absolute atomic E-state index is 0.187. The second kappa shape index (κ2) is 6.07. The quantitative estimate of drug-likeness (QED) is 0.871. The van der Waals surface area contributed by atoms with Crippen LogP contribution in [-0.2, 0) is 11.3 Å². The number of amides is 1. The van der Waals surface area contributed by atoms with E-state index in [2.05, 4.69) is 9.88 Å². The minimum atomic E-state index is 0.187. The first kappa shape index (κ1) is 14.3. The van der Waals surface area contributed by atoms with Gasteiger partial charge in [0.05, 0.1) is 6.20 Å². The van der Waals surface area contributed by atoms with Crippen molar-refractivity contribution in [1.82, 2.24) is 14.5 Å². The molecular weight excluding hydrogens is 290 g/mol. The molecule has 0 saturated carbocycles. The highest BCUT2D eigenvalue weighted by molar-refractivity contribution is 5.77. The van der Waals surface area contributed by atoms with Gasteiger partial charge in [-0.05, 0) is 37.1 Å². The fraction of sp³-hybridized carbons (Fsp3) is 0.444. The summed E-state index contributed by atoms with van der Waals surface area (Å²) in [6, 6.07) is 8.38. The van der Waals surface area contributed by atoms with E-state index in [1.807, 2.05) is 41.2 Å². The van der Waals surface area contributed by atoms with Crippen LogP contribution in [0.25, 0.3) is 0 Å². The topological polar surface area (TPSA) is 47.4 Å². The van der Waals surface area contributed by atoms with Gasteiger partial charge in [-0.1, -0.05) is 0 Å². The van der Waals surface area contributed by atoms with Gasteiger partial charge in [-0.2, -0.15) is 0 Å². The van der Waals surface area contributed by atoms with E-state index >= 15 is 0 Å². The van der Waals surface area contributed by atoms with Crippen LogP contribution in [0.3, 0.4) is 0 Å². The molecule has 2 aliphatic heterocycles. The van der Waals surface area contributed by atoms with Crippen LogP contribution in [0.5, 0.6) is 5.75 Å². The number of pyridine rings is 1. The third-order valence-corrected chi connectivity index (χ3v) is 4.90. The average molecular weight is 311 g/mol. The van der Waals surface area contributed by atoms with Crippen LogP contribution in [0.15, 0.2) is 49.1 Å². The number of fused-ring (bicyclic) bond motifs is 2. The molecule has 0 aliphatic carbocycles. The molecule has 23 heavy (non-hydrogen) atoms. The summed E-state index contributed by atoms with van der Waals surface area (Å²) in [5.41, 5.74) is 0. The molecule has 120 valence electrons. The van der Waals surface area contributed by atoms with E-state index in [1.165, 1.54) is 0 Å². The Bertz CT molecular complexity index is 642. The highest BCUT2D eigenvalue weighted by atomic mass is 16.5. The first-order valence-electron chi connectivity index (χ1n) is 8.28. The van der Waals surface area contributed by atoms with E-state index < -0.39 is 0 Å². The maximum absolute atomic E-state index is 12.6. The molecule has 2 saturated heterocycles. The van der Waals surface area contributed by atoms with E-state index in [0.29, 0.717) is 18.6 Å². The van der Waals surface area contributed by atoms with E-state index in [1.54, 1.807) is 12.4 Å². The van der Waals surface area contributed by atoms with E-state index in [9.17, 15) is 4.79 Å². The molecule has 2 atom stereocenters. The summed E-state index contributed by atoms with van der Waals surface area (Å²) >= 11 is 0. The van der Waals surface area contributed by atoms with Crippen LogP contribution >= 0.6 is 0 Å². The number of hydrogen-bond donors (Lipinski definition) is 0. The van der Waals surface area contributed by atoms with Crippen LogP contribution in [0.1, 0.15) is 25.7 Å². The zero-order valence-electron chi connectivity index (χ0n) is 13.0. The first-order chi connectivity index (χ1) is 11.3. The number of nitrogens with zero attached hydrogens (tertiary/aromatic N) is 3. The Labute approximate surface area is 135 Å². The molecule has 2 aromatic rings. The molecule has 5 nitrogen and oxygen atoms in total. The molecule has 2 aromatic heterocycles. The SMILES string of the molecule is O=C(Cn1cccc1)N1[C@H]2CC[C@H]1CC(Oc1cccnc1)C2. The number of hydrogen-bond acceptors (Lipinski definition) is 3. The lowest BCUT2D eigenvalue weighted by Crippen LogP contribution is -2.50. The normalized spacial score (nSPS) is 26.3. The second-order valence-electron chi connectivity index (χ2n) is 6.44. The van der Waals surface area contributed by atoms with Crippen LogP contribution < -0.4 is 4.74 Å². The standard InChI is InChI=1S/C18H21N3O2/c22-18(13-20-8-1-2-9-20)21-14-5-6-15(21)11-17(10-14)23-16-4-3-7-19-12-16/h1-4,7-9,12,14-15,17H,5-6,10-11,13H2/t14-,15-/m0/s1. The van der Waals surface area contributed by atoms with Gasteiger partial charge in [0.25, 0.3) is 0 Å². The fourth-order valence-electron chi connectivity index (χ4n) is 3.95. The Morgan fingerprint density at radius 2 is 1.91 bits per heavy atom. The summed E-state index contributed by atoms with van der Waals surface area (Å²) in [4.78, 5) is 18.9. The van der Waals surface area contributed by atoms with Crippen molar-refractivity contribution in [3.8, 4) is 5.75 Å². The zero-order chi connectivity index (χ0) is 15.6. The van der Waals surface area contributed by atoms with Crippen LogP contribution in [0.2, 0.25) is 0 Å². The maximum Gasteiger partial charge on any atom is 0.242 e. The van der Waals surface area contributed by atoms with Crippen molar-refractivity contribution in [2.45, 2.75) is 50.4 Å². The molecule has 4 heterocycles. The lowest BCUT2D eigenvalue weighted by molar-refractivity contribution is -0.137. The monoisotopic (exact) mass is 311 g/mol. The molecular formula is C18H21N3O2. The third-order valence-electron chi connectivity index (χ3n) is 4.90. The highest BCUT2D eigenvalue weighted by Crippen LogP contribution is 2.37. The lowest BCUT2D eigenvalue weighted by atomic mass is 9.99. The van der Waals surface area contributed by atoms with Crippen molar-refractivity contribution in [3.05, 3.63) is 49.1 Å². The van der Waals surface area contributed by atoms with Gasteiger partial charge in [0.1, 0.15) is 18.4 Å². The van der Waals surface area contributed by atoms with Gasteiger partial charge in [0.15, 0.2) is 0 Å². The summed E-state index contributed by atoms with van der Waals surface area (Å²) in [6.45, 7) is 0.439. The van der Waals surface area contributed by atoms with Crippen molar-refractivity contribution in [1.29, 1.82) is 0 Å². The lowest BCUT2D eigenvalue weighted by Gasteiger charge is -2.39. The molecule has 1 amide bonds. The van der Waals surface area contributed by atoms with Crippen molar-refractivity contribution in [2.24, 2.45) is 0 Å². The van der Waals surface area contributed by atoms with Gasteiger partial charge in [-0.3, -0.25) is 9.78 Å². The molecule has 5 heteroatoms. The Kier molecular flexibility index (Phi) is 3.77. The Balaban J connectivity index is 1.41.